The summed E-state index contributed by atoms with van der Waals surface area (Å²) in [6.07, 6.45) is 1.58. The lowest BCUT2D eigenvalue weighted by Gasteiger charge is -2.00. The normalized spacial score (nSPS) is 9.42. The lowest BCUT2D eigenvalue weighted by atomic mass is 10.3. The van der Waals surface area contributed by atoms with Gasteiger partial charge < -0.3 is 5.32 Å². The Bertz CT molecular complexity index is 250. The van der Waals surface area contributed by atoms with E-state index in [1.807, 2.05) is 0 Å². The number of aromatic nitrogens is 1. The van der Waals surface area contributed by atoms with Crippen molar-refractivity contribution in [1.82, 2.24) is 10.3 Å². The van der Waals surface area contributed by atoms with Crippen molar-refractivity contribution in [3.05, 3.63) is 30.1 Å². The molecule has 0 unspecified atom stereocenters. The topological polar surface area (TPSA) is 42.0 Å². The number of rotatable bonds is 3. The zero-order chi connectivity index (χ0) is 8.81. The zero-order valence-electron chi connectivity index (χ0n) is 6.46. The van der Waals surface area contributed by atoms with Gasteiger partial charge in [-0.3, -0.25) is 9.78 Å². The third kappa shape index (κ3) is 2.51. The van der Waals surface area contributed by atoms with Crippen LogP contribution in [-0.4, -0.2) is 23.3 Å². The van der Waals surface area contributed by atoms with Crippen LogP contribution in [-0.2, 0) is 0 Å². The van der Waals surface area contributed by atoms with Crippen LogP contribution in [0.2, 0.25) is 0 Å². The van der Waals surface area contributed by atoms with Gasteiger partial charge in [-0.2, -0.15) is 0 Å². The van der Waals surface area contributed by atoms with E-state index in [0.29, 0.717) is 18.1 Å². The van der Waals surface area contributed by atoms with Crippen LogP contribution in [0.5, 0.6) is 0 Å². The summed E-state index contributed by atoms with van der Waals surface area (Å²) in [6.45, 7) is 0.469. The lowest BCUT2D eigenvalue weighted by Crippen LogP contribution is -2.25. The Labute approximate surface area is 75.8 Å². The van der Waals surface area contributed by atoms with Gasteiger partial charge in [-0.05, 0) is 12.1 Å². The molecule has 1 N–H and O–H groups in total. The first-order valence-electron chi connectivity index (χ1n) is 3.60. The van der Waals surface area contributed by atoms with Gasteiger partial charge in [0.1, 0.15) is 5.69 Å². The molecule has 3 nitrogen and oxygen atoms in total. The Morgan fingerprint density at radius 2 is 2.42 bits per heavy atom. The highest BCUT2D eigenvalue weighted by Gasteiger charge is 2.03. The zero-order valence-corrected chi connectivity index (χ0v) is 7.21. The van der Waals surface area contributed by atoms with E-state index in [1.54, 1.807) is 24.4 Å². The van der Waals surface area contributed by atoms with Crippen LogP contribution < -0.4 is 5.32 Å². The largest absolute Gasteiger partial charge is 0.350 e. The summed E-state index contributed by atoms with van der Waals surface area (Å²) in [5.41, 5.74) is 0.419. The fourth-order valence-corrected chi connectivity index (χ4v) is 0.843. The van der Waals surface area contributed by atoms with Gasteiger partial charge in [0.25, 0.3) is 5.91 Å². The van der Waals surface area contributed by atoms with Crippen LogP contribution in [0.15, 0.2) is 24.4 Å². The lowest BCUT2D eigenvalue weighted by molar-refractivity contribution is 0.0951. The van der Waals surface area contributed by atoms with Crippen molar-refractivity contribution in [3.63, 3.8) is 0 Å². The van der Waals surface area contributed by atoms with Gasteiger partial charge >= 0.3 is 0 Å². The first kappa shape index (κ1) is 9.00. The molecule has 0 spiro atoms. The number of alkyl halides is 1. The maximum Gasteiger partial charge on any atom is 0.269 e. The van der Waals surface area contributed by atoms with Crippen molar-refractivity contribution in [1.29, 1.82) is 0 Å². The van der Waals surface area contributed by atoms with Crippen LogP contribution in [0.3, 0.4) is 0 Å². The Hall–Kier alpha value is -1.09. The molecule has 0 saturated carbocycles. The minimum Gasteiger partial charge on any atom is -0.350 e. The summed E-state index contributed by atoms with van der Waals surface area (Å²) in [5.74, 6) is 0.231. The number of carbonyl (C=O) groups is 1. The number of hydrogen-bond donors (Lipinski definition) is 1. The molecule has 12 heavy (non-hydrogen) atoms. The SMILES string of the molecule is O=C(NCCCl)c1ccccn1. The summed E-state index contributed by atoms with van der Waals surface area (Å²) < 4.78 is 0. The van der Waals surface area contributed by atoms with Crippen molar-refractivity contribution in [2.24, 2.45) is 0 Å². The van der Waals surface area contributed by atoms with Gasteiger partial charge in [0.05, 0.1) is 0 Å². The third-order valence-corrected chi connectivity index (χ3v) is 1.47. The second kappa shape index (κ2) is 4.72. The minimum absolute atomic E-state index is 0.184. The molecule has 0 aliphatic rings. The van der Waals surface area contributed by atoms with Crippen molar-refractivity contribution in [2.75, 3.05) is 12.4 Å². The van der Waals surface area contributed by atoms with Gasteiger partial charge in [-0.15, -0.1) is 11.6 Å². The molecule has 1 heterocycles. The molecule has 4 heteroatoms. The van der Waals surface area contributed by atoms with E-state index < -0.39 is 0 Å². The van der Waals surface area contributed by atoms with Crippen LogP contribution in [0, 0.1) is 0 Å². The van der Waals surface area contributed by atoms with Crippen LogP contribution in [0.4, 0.5) is 0 Å². The molecular formula is C8H9ClN2O. The summed E-state index contributed by atoms with van der Waals surface area (Å²) in [4.78, 5) is 15.0. The molecular weight excluding hydrogens is 176 g/mol. The summed E-state index contributed by atoms with van der Waals surface area (Å²) in [7, 11) is 0. The maximum atomic E-state index is 11.2. The molecule has 0 aromatic carbocycles. The molecule has 1 aromatic rings. The fraction of sp³-hybridized carbons (Fsp3) is 0.250. The van der Waals surface area contributed by atoms with E-state index >= 15 is 0 Å². The molecule has 0 atom stereocenters. The fourth-order valence-electron chi connectivity index (χ4n) is 0.748. The smallest absolute Gasteiger partial charge is 0.269 e. The second-order valence-electron chi connectivity index (χ2n) is 2.16. The van der Waals surface area contributed by atoms with Crippen molar-refractivity contribution >= 4 is 17.5 Å². The maximum absolute atomic E-state index is 11.2. The number of carbonyl (C=O) groups excluding carboxylic acids is 1. The number of nitrogens with zero attached hydrogens (tertiary/aromatic N) is 1. The second-order valence-corrected chi connectivity index (χ2v) is 2.54. The average molecular weight is 185 g/mol. The Morgan fingerprint density at radius 1 is 1.58 bits per heavy atom. The molecule has 0 fully saturated rings. The van der Waals surface area contributed by atoms with Crippen LogP contribution >= 0.6 is 11.6 Å². The van der Waals surface area contributed by atoms with E-state index in [4.69, 9.17) is 11.6 Å². The van der Waals surface area contributed by atoms with E-state index in [1.165, 1.54) is 0 Å². The molecule has 0 aliphatic carbocycles. The Balaban J connectivity index is 2.54. The highest BCUT2D eigenvalue weighted by molar-refractivity contribution is 6.18. The highest BCUT2D eigenvalue weighted by Crippen LogP contribution is 1.91. The van der Waals surface area contributed by atoms with Crippen LogP contribution in [0.1, 0.15) is 10.5 Å². The number of halogens is 1. The van der Waals surface area contributed by atoms with Gasteiger partial charge in [-0.1, -0.05) is 6.07 Å². The molecule has 1 rings (SSSR count). The highest BCUT2D eigenvalue weighted by atomic mass is 35.5. The standard InChI is InChI=1S/C8H9ClN2O/c9-4-6-11-8(12)7-3-1-2-5-10-7/h1-3,5H,4,6H2,(H,11,12). The monoisotopic (exact) mass is 184 g/mol. The number of nitrogens with one attached hydrogen (secondary N) is 1. The van der Waals surface area contributed by atoms with Gasteiger partial charge in [0.2, 0.25) is 0 Å². The average Bonchev–Trinajstić information content (AvgIpc) is 2.15. The van der Waals surface area contributed by atoms with Gasteiger partial charge in [0.15, 0.2) is 0 Å². The molecule has 1 amide bonds. The summed E-state index contributed by atoms with van der Waals surface area (Å²) in [5, 5.41) is 2.62. The van der Waals surface area contributed by atoms with E-state index in [2.05, 4.69) is 10.3 Å². The van der Waals surface area contributed by atoms with E-state index in [9.17, 15) is 4.79 Å². The molecule has 0 saturated heterocycles. The van der Waals surface area contributed by atoms with Crippen molar-refractivity contribution in [2.45, 2.75) is 0 Å². The van der Waals surface area contributed by atoms with E-state index in [0.717, 1.165) is 0 Å². The van der Waals surface area contributed by atoms with Crippen molar-refractivity contribution < 1.29 is 4.79 Å². The predicted octanol–water partition coefficient (Wildman–Crippen LogP) is 1.05. The molecule has 64 valence electrons. The van der Waals surface area contributed by atoms with E-state index in [-0.39, 0.29) is 5.91 Å². The summed E-state index contributed by atoms with van der Waals surface area (Å²) in [6, 6.07) is 5.19. The minimum atomic E-state index is -0.184. The van der Waals surface area contributed by atoms with Gasteiger partial charge in [0, 0.05) is 18.6 Å². The number of amides is 1. The predicted molar refractivity (Wildman–Crippen MR) is 47.3 cm³/mol. The molecule has 0 bridgehead atoms. The Kier molecular flexibility index (Phi) is 3.54. The van der Waals surface area contributed by atoms with Crippen LogP contribution in [0.25, 0.3) is 0 Å². The molecule has 0 radical (unpaired) electrons. The quantitative estimate of drug-likeness (QED) is 0.714. The molecule has 0 aliphatic heterocycles. The number of hydrogen-bond acceptors (Lipinski definition) is 2. The summed E-state index contributed by atoms with van der Waals surface area (Å²) >= 11 is 5.40. The van der Waals surface area contributed by atoms with Gasteiger partial charge in [-0.25, -0.2) is 0 Å². The number of pyridine rings is 1. The Morgan fingerprint density at radius 3 is 3.00 bits per heavy atom. The first-order valence-corrected chi connectivity index (χ1v) is 4.13. The molecule has 1 aromatic heterocycles. The van der Waals surface area contributed by atoms with Crippen molar-refractivity contribution in [3.8, 4) is 0 Å². The third-order valence-electron chi connectivity index (χ3n) is 1.28. The first-order chi connectivity index (χ1) is 5.84.